The molecule has 0 rings (SSSR count). The van der Waals surface area contributed by atoms with Gasteiger partial charge >= 0.3 is 0 Å². The first-order valence-corrected chi connectivity index (χ1v) is 22.6. The van der Waals surface area contributed by atoms with Gasteiger partial charge in [0.1, 0.15) is 13.1 Å². The van der Waals surface area contributed by atoms with Crippen molar-refractivity contribution in [2.75, 3.05) is 107 Å². The third kappa shape index (κ3) is 34.0. The molecule has 6 nitrogen and oxygen atoms in total. The quantitative estimate of drug-likeness (QED) is 0.0463. The minimum absolute atomic E-state index is 0.0821. The lowest BCUT2D eigenvalue weighted by molar-refractivity contribution is -0.891. The predicted octanol–water partition coefficient (Wildman–Crippen LogP) is 11.6. The third-order valence-electron chi connectivity index (χ3n) is 10.9. The average molecular weight is 729 g/mol. The highest BCUT2D eigenvalue weighted by atomic mass is 16.5. The van der Waals surface area contributed by atoms with Gasteiger partial charge in [-0.15, -0.1) is 0 Å². The fourth-order valence-electron chi connectivity index (χ4n) is 6.89. The van der Waals surface area contributed by atoms with Crippen molar-refractivity contribution in [3.63, 3.8) is 0 Å². The minimum Gasteiger partial charge on any atom is -0.381 e. The van der Waals surface area contributed by atoms with Crippen molar-refractivity contribution < 1.29 is 27.9 Å². The van der Waals surface area contributed by atoms with Crippen LogP contribution in [0.15, 0.2) is 0 Å². The summed E-state index contributed by atoms with van der Waals surface area (Å²) in [6.07, 6.45) is 31.1. The molecule has 6 heteroatoms. The van der Waals surface area contributed by atoms with Crippen LogP contribution in [0.3, 0.4) is 0 Å². The van der Waals surface area contributed by atoms with E-state index in [1.54, 1.807) is 0 Å². The van der Waals surface area contributed by atoms with Crippen LogP contribution in [0.2, 0.25) is 0 Å². The number of ether oxygens (including phenoxy) is 4. The van der Waals surface area contributed by atoms with E-state index in [0.29, 0.717) is 0 Å². The number of quaternary nitrogens is 2. The summed E-state index contributed by atoms with van der Waals surface area (Å²) in [7, 11) is 9.39. The van der Waals surface area contributed by atoms with Crippen LogP contribution >= 0.6 is 0 Å². The smallest absolute Gasteiger partial charge is 0.102 e. The molecule has 0 N–H and O–H groups in total. The largest absolute Gasteiger partial charge is 0.381 e. The summed E-state index contributed by atoms with van der Waals surface area (Å²) >= 11 is 0. The van der Waals surface area contributed by atoms with Gasteiger partial charge in [0, 0.05) is 25.2 Å². The average Bonchev–Trinajstić information content (AvgIpc) is 3.11. The summed E-state index contributed by atoms with van der Waals surface area (Å²) in [4.78, 5) is 0. The Bertz CT molecular complexity index is 644. The number of unbranched alkanes of at least 4 members (excludes halogenated alkanes) is 18. The highest BCUT2D eigenvalue weighted by Crippen LogP contribution is 2.28. The van der Waals surface area contributed by atoms with E-state index >= 15 is 0 Å². The molecule has 0 saturated carbocycles. The zero-order chi connectivity index (χ0) is 37.8. The van der Waals surface area contributed by atoms with Crippen LogP contribution in [0.1, 0.15) is 182 Å². The Hall–Kier alpha value is -0.240. The zero-order valence-electron chi connectivity index (χ0n) is 36.5. The van der Waals surface area contributed by atoms with Gasteiger partial charge in [-0.05, 0) is 38.5 Å². The molecule has 0 aromatic heterocycles. The second-order valence-corrected chi connectivity index (χ2v) is 17.5. The van der Waals surface area contributed by atoms with E-state index in [2.05, 4.69) is 55.9 Å². The molecule has 0 aromatic carbocycles. The van der Waals surface area contributed by atoms with Crippen molar-refractivity contribution in [3.05, 3.63) is 0 Å². The van der Waals surface area contributed by atoms with E-state index in [4.69, 9.17) is 18.9 Å². The number of likely N-dealkylation sites (N-methyl/N-ethyl adjacent to an activating group) is 2. The molecule has 0 atom stereocenters. The molecule has 51 heavy (non-hydrogen) atoms. The molecular formula is C45H96N2O4+2. The van der Waals surface area contributed by atoms with Crippen molar-refractivity contribution >= 4 is 0 Å². The summed E-state index contributed by atoms with van der Waals surface area (Å²) in [5.74, 6) is 0. The van der Waals surface area contributed by atoms with Gasteiger partial charge in [0.2, 0.25) is 0 Å². The summed E-state index contributed by atoms with van der Waals surface area (Å²) in [5.41, 5.74) is -0.0821. The molecule has 0 heterocycles. The monoisotopic (exact) mass is 729 g/mol. The van der Waals surface area contributed by atoms with Crippen LogP contribution in [-0.4, -0.2) is 116 Å². The van der Waals surface area contributed by atoms with Crippen LogP contribution in [0, 0.1) is 5.41 Å². The molecule has 0 saturated heterocycles. The molecule has 0 bridgehead atoms. The fraction of sp³-hybridized carbons (Fsp3) is 1.00. The maximum atomic E-state index is 6.59. The Kier molecular flexibility index (Phi) is 35.3. The molecule has 308 valence electrons. The SMILES string of the molecule is CCCCCCCCCCCCOCC(CCCCCCCOCCCCCC)(COCC[N+](C)(C)CCCC)COCC[N+](C)(C)CCCC. The van der Waals surface area contributed by atoms with Crippen LogP contribution < -0.4 is 0 Å². The molecule has 0 amide bonds. The second kappa shape index (κ2) is 35.5. The van der Waals surface area contributed by atoms with E-state index in [-0.39, 0.29) is 5.41 Å². The molecule has 0 unspecified atom stereocenters. The second-order valence-electron chi connectivity index (χ2n) is 17.5. The van der Waals surface area contributed by atoms with Gasteiger partial charge in [0.25, 0.3) is 0 Å². The predicted molar refractivity (Wildman–Crippen MR) is 223 cm³/mol. The molecule has 0 spiro atoms. The molecule has 0 fully saturated rings. The van der Waals surface area contributed by atoms with Gasteiger partial charge < -0.3 is 27.9 Å². The highest BCUT2D eigenvalue weighted by molar-refractivity contribution is 4.80. The van der Waals surface area contributed by atoms with Gasteiger partial charge in [-0.2, -0.15) is 0 Å². The lowest BCUT2D eigenvalue weighted by atomic mass is 9.84. The number of rotatable bonds is 42. The zero-order valence-corrected chi connectivity index (χ0v) is 36.5. The number of nitrogens with zero attached hydrogens (tertiary/aromatic N) is 2. The maximum absolute atomic E-state index is 6.59. The molecule has 0 aliphatic rings. The van der Waals surface area contributed by atoms with Gasteiger partial charge in [-0.25, -0.2) is 0 Å². The molecule has 0 aliphatic heterocycles. The van der Waals surface area contributed by atoms with Crippen molar-refractivity contribution in [1.82, 2.24) is 0 Å². The van der Waals surface area contributed by atoms with E-state index < -0.39 is 0 Å². The summed E-state index contributed by atoms with van der Waals surface area (Å²) in [5, 5.41) is 0. The van der Waals surface area contributed by atoms with Gasteiger partial charge in [0.05, 0.1) is 74.3 Å². The topological polar surface area (TPSA) is 36.9 Å². The molecule has 0 aromatic rings. The first kappa shape index (κ1) is 50.8. The lowest BCUT2D eigenvalue weighted by Crippen LogP contribution is -2.45. The summed E-state index contributed by atoms with van der Waals surface area (Å²) < 4.78 is 27.7. The van der Waals surface area contributed by atoms with E-state index in [9.17, 15) is 0 Å². The van der Waals surface area contributed by atoms with Crippen molar-refractivity contribution in [2.45, 2.75) is 182 Å². The van der Waals surface area contributed by atoms with E-state index in [1.165, 1.54) is 161 Å². The van der Waals surface area contributed by atoms with Crippen molar-refractivity contribution in [3.8, 4) is 0 Å². The molecule has 0 radical (unpaired) electrons. The highest BCUT2D eigenvalue weighted by Gasteiger charge is 2.32. The Morgan fingerprint density at radius 3 is 1.04 bits per heavy atom. The number of hydrogen-bond donors (Lipinski definition) is 0. The minimum atomic E-state index is -0.0821. The Morgan fingerprint density at radius 1 is 0.314 bits per heavy atom. The van der Waals surface area contributed by atoms with Crippen LogP contribution in [0.5, 0.6) is 0 Å². The van der Waals surface area contributed by atoms with Crippen LogP contribution in [0.25, 0.3) is 0 Å². The third-order valence-corrected chi connectivity index (χ3v) is 10.9. The number of hydrogen-bond acceptors (Lipinski definition) is 4. The summed E-state index contributed by atoms with van der Waals surface area (Å²) in [6.45, 7) is 20.2. The first-order chi connectivity index (χ1) is 24.7. The fourth-order valence-corrected chi connectivity index (χ4v) is 6.89. The van der Waals surface area contributed by atoms with E-state index in [0.717, 1.165) is 81.3 Å². The van der Waals surface area contributed by atoms with Crippen LogP contribution in [-0.2, 0) is 18.9 Å². The molecular weight excluding hydrogens is 633 g/mol. The normalized spacial score (nSPS) is 12.7. The van der Waals surface area contributed by atoms with Crippen molar-refractivity contribution in [2.24, 2.45) is 5.41 Å². The van der Waals surface area contributed by atoms with Gasteiger partial charge in [-0.3, -0.25) is 0 Å². The Labute approximate surface area is 321 Å². The molecule has 0 aliphatic carbocycles. The van der Waals surface area contributed by atoms with E-state index in [1.807, 2.05) is 0 Å². The summed E-state index contributed by atoms with van der Waals surface area (Å²) in [6, 6.07) is 0. The van der Waals surface area contributed by atoms with Gasteiger partial charge in [-0.1, -0.05) is 143 Å². The van der Waals surface area contributed by atoms with Gasteiger partial charge in [0.15, 0.2) is 0 Å². The Balaban J connectivity index is 5.12. The maximum Gasteiger partial charge on any atom is 0.102 e. The van der Waals surface area contributed by atoms with Crippen LogP contribution in [0.4, 0.5) is 0 Å². The standard InChI is InChI=1S/C45H96N2O4/c1-9-13-17-19-20-21-22-23-26-31-39-49-42-45(43-50-40-35-46(5,6)33-15-11-3,44-51-41-36-47(7,8)34-16-12-4)32-28-25-24-27-30-38-48-37-29-18-14-10-2/h9-44H2,1-8H3/q+2. The Morgan fingerprint density at radius 2 is 0.627 bits per heavy atom. The lowest BCUT2D eigenvalue weighted by Gasteiger charge is -2.35. The first-order valence-electron chi connectivity index (χ1n) is 22.6. The van der Waals surface area contributed by atoms with Crippen molar-refractivity contribution in [1.29, 1.82) is 0 Å².